The van der Waals surface area contributed by atoms with E-state index in [4.69, 9.17) is 4.74 Å². The summed E-state index contributed by atoms with van der Waals surface area (Å²) < 4.78 is 28.0. The summed E-state index contributed by atoms with van der Waals surface area (Å²) in [7, 11) is 0. The second kappa shape index (κ2) is 6.10. The minimum Gasteiger partial charge on any atom is -0.755 e. The highest BCUT2D eigenvalue weighted by atomic mass is 32.2. The van der Waals surface area contributed by atoms with E-state index in [9.17, 15) is 18.4 Å². The van der Waals surface area contributed by atoms with E-state index in [-0.39, 0.29) is 30.9 Å². The van der Waals surface area contributed by atoms with Crippen molar-refractivity contribution < 1.29 is 23.1 Å². The Morgan fingerprint density at radius 1 is 1.56 bits per heavy atom. The van der Waals surface area contributed by atoms with E-state index in [1.807, 2.05) is 0 Å². The number of hydrogen-bond acceptors (Lipinski definition) is 5. The van der Waals surface area contributed by atoms with E-state index in [1.165, 1.54) is 6.92 Å². The Hall–Kier alpha value is -1.21. The molecule has 18 heavy (non-hydrogen) atoms. The highest BCUT2D eigenvalue weighted by Crippen LogP contribution is 2.24. The van der Waals surface area contributed by atoms with Gasteiger partial charge in [-0.25, -0.2) is 0 Å². The molecular weight excluding hydrogens is 258 g/mol. The maximum absolute atomic E-state index is 12.1. The molecule has 0 N–H and O–H groups in total. The Balaban J connectivity index is 3.03. The van der Waals surface area contributed by atoms with E-state index in [1.54, 1.807) is 13.8 Å². The summed E-state index contributed by atoms with van der Waals surface area (Å²) in [5.41, 5.74) is 0.648. The van der Waals surface area contributed by atoms with Crippen LogP contribution in [0.15, 0.2) is 11.3 Å². The number of Topliss-reactive ketones (excluding diaryl/α,β-unsaturated/α-hetero) is 1. The van der Waals surface area contributed by atoms with Crippen LogP contribution in [0.1, 0.15) is 27.2 Å². The third kappa shape index (κ3) is 2.97. The quantitative estimate of drug-likeness (QED) is 0.425. The van der Waals surface area contributed by atoms with Gasteiger partial charge >= 0.3 is 5.97 Å². The summed E-state index contributed by atoms with van der Waals surface area (Å²) in [6, 6.07) is 0. The maximum atomic E-state index is 12.1. The van der Waals surface area contributed by atoms with Crippen molar-refractivity contribution >= 4 is 23.0 Å². The molecule has 0 saturated carbocycles. The van der Waals surface area contributed by atoms with Crippen molar-refractivity contribution in [3.8, 4) is 0 Å². The third-order valence-electron chi connectivity index (χ3n) is 2.97. The van der Waals surface area contributed by atoms with Gasteiger partial charge in [0.05, 0.1) is 6.61 Å². The largest absolute Gasteiger partial charge is 0.755 e. The zero-order chi connectivity index (χ0) is 13.9. The lowest BCUT2D eigenvalue weighted by atomic mass is 9.96. The van der Waals surface area contributed by atoms with Crippen LogP contribution in [0.3, 0.4) is 0 Å². The molecule has 0 amide bonds. The fourth-order valence-electron chi connectivity index (χ4n) is 1.83. The van der Waals surface area contributed by atoms with Crippen LogP contribution in [0, 0.1) is 5.92 Å². The Morgan fingerprint density at radius 2 is 2.17 bits per heavy atom. The van der Waals surface area contributed by atoms with Gasteiger partial charge in [-0.3, -0.25) is 13.8 Å². The highest BCUT2D eigenvalue weighted by Gasteiger charge is 2.33. The van der Waals surface area contributed by atoms with Gasteiger partial charge in [-0.05, 0) is 27.2 Å². The van der Waals surface area contributed by atoms with Gasteiger partial charge in [-0.15, -0.1) is 0 Å². The lowest BCUT2D eigenvalue weighted by Gasteiger charge is -2.26. The van der Waals surface area contributed by atoms with Gasteiger partial charge in [0.2, 0.25) is 0 Å². The molecule has 1 rings (SSSR count). The SMILES string of the molecule is CCOC(=O)C1CCN(S(=O)[O-])C(C)=C(C)C1=O. The smallest absolute Gasteiger partial charge is 0.316 e. The normalized spacial score (nSPS) is 22.8. The molecule has 0 saturated heterocycles. The zero-order valence-corrected chi connectivity index (χ0v) is 11.4. The average molecular weight is 274 g/mol. The summed E-state index contributed by atoms with van der Waals surface area (Å²) in [6.07, 6.45) is 0.139. The van der Waals surface area contributed by atoms with Crippen LogP contribution >= 0.6 is 0 Å². The lowest BCUT2D eigenvalue weighted by Crippen LogP contribution is -2.28. The minimum atomic E-state index is -2.44. The molecule has 0 fully saturated rings. The number of ketones is 1. The predicted octanol–water partition coefficient (Wildman–Crippen LogP) is 0.528. The molecular formula is C11H16NO5S-. The second-order valence-electron chi connectivity index (χ2n) is 3.99. The zero-order valence-electron chi connectivity index (χ0n) is 10.6. The topological polar surface area (TPSA) is 86.7 Å². The van der Waals surface area contributed by atoms with Crippen LogP contribution in [0.25, 0.3) is 0 Å². The van der Waals surface area contributed by atoms with Crippen LogP contribution < -0.4 is 0 Å². The monoisotopic (exact) mass is 274 g/mol. The van der Waals surface area contributed by atoms with Gasteiger partial charge < -0.3 is 13.6 Å². The van der Waals surface area contributed by atoms with Gasteiger partial charge in [0.15, 0.2) is 5.78 Å². The summed E-state index contributed by atoms with van der Waals surface area (Å²) in [4.78, 5) is 23.7. The first-order chi connectivity index (χ1) is 8.40. The average Bonchev–Trinajstić information content (AvgIpc) is 2.41. The summed E-state index contributed by atoms with van der Waals surface area (Å²) in [5, 5.41) is 0. The molecule has 0 aromatic carbocycles. The van der Waals surface area contributed by atoms with Crippen molar-refractivity contribution in [3.63, 3.8) is 0 Å². The van der Waals surface area contributed by atoms with Gasteiger partial charge in [-0.2, -0.15) is 0 Å². The van der Waals surface area contributed by atoms with Crippen LogP contribution in [-0.2, 0) is 25.6 Å². The van der Waals surface area contributed by atoms with Crippen LogP contribution in [-0.4, -0.2) is 38.0 Å². The van der Waals surface area contributed by atoms with Crippen LogP contribution in [0.5, 0.6) is 0 Å². The van der Waals surface area contributed by atoms with Crippen molar-refractivity contribution in [2.45, 2.75) is 27.2 Å². The standard InChI is InChI=1S/C11H17NO5S/c1-4-17-11(14)9-5-6-12(18(15)16)8(3)7(2)10(9)13/h9H,4-6H2,1-3H3,(H,15,16)/p-1. The van der Waals surface area contributed by atoms with E-state index >= 15 is 0 Å². The number of allylic oxidation sites excluding steroid dienone is 2. The predicted molar refractivity (Wildman–Crippen MR) is 63.7 cm³/mol. The molecule has 2 unspecified atom stereocenters. The van der Waals surface area contributed by atoms with Gasteiger partial charge in [0.1, 0.15) is 5.92 Å². The summed E-state index contributed by atoms with van der Waals surface area (Å²) in [5.74, 6) is -1.86. The molecule has 1 aliphatic heterocycles. The van der Waals surface area contributed by atoms with Crippen molar-refractivity contribution in [1.82, 2.24) is 4.31 Å². The fourth-order valence-corrected chi connectivity index (χ4v) is 2.44. The molecule has 102 valence electrons. The van der Waals surface area contributed by atoms with Crippen molar-refractivity contribution in [1.29, 1.82) is 0 Å². The number of carbonyl (C=O) groups excluding carboxylic acids is 2. The van der Waals surface area contributed by atoms with Crippen molar-refractivity contribution in [3.05, 3.63) is 11.3 Å². The number of rotatable bonds is 3. The van der Waals surface area contributed by atoms with Crippen LogP contribution in [0.2, 0.25) is 0 Å². The van der Waals surface area contributed by atoms with Crippen molar-refractivity contribution in [2.24, 2.45) is 5.92 Å². The second-order valence-corrected chi connectivity index (χ2v) is 4.86. The molecule has 2 atom stereocenters. The Kier molecular flexibility index (Phi) is 5.03. The number of carbonyl (C=O) groups is 2. The first-order valence-corrected chi connectivity index (χ1v) is 6.68. The van der Waals surface area contributed by atoms with E-state index in [0.29, 0.717) is 5.70 Å². The van der Waals surface area contributed by atoms with Crippen LogP contribution in [0.4, 0.5) is 0 Å². The molecule has 0 aromatic heterocycles. The highest BCUT2D eigenvalue weighted by molar-refractivity contribution is 7.76. The van der Waals surface area contributed by atoms with E-state index < -0.39 is 23.2 Å². The molecule has 0 spiro atoms. The van der Waals surface area contributed by atoms with E-state index in [0.717, 1.165) is 4.31 Å². The number of ether oxygens (including phenoxy) is 1. The molecule has 7 heteroatoms. The Bertz CT molecular complexity index is 418. The summed E-state index contributed by atoms with van der Waals surface area (Å²) >= 11 is -2.44. The maximum Gasteiger partial charge on any atom is 0.316 e. The fraction of sp³-hybridized carbons (Fsp3) is 0.636. The van der Waals surface area contributed by atoms with Gasteiger partial charge in [0.25, 0.3) is 0 Å². The molecule has 0 radical (unpaired) electrons. The Labute approximate surface area is 108 Å². The number of nitrogens with zero attached hydrogens (tertiary/aromatic N) is 1. The first-order valence-electron chi connectivity index (χ1n) is 5.65. The lowest BCUT2D eigenvalue weighted by molar-refractivity contribution is -0.150. The minimum absolute atomic E-state index is 0.106. The molecule has 1 heterocycles. The number of esters is 1. The first kappa shape index (κ1) is 14.8. The third-order valence-corrected chi connectivity index (χ3v) is 3.79. The summed E-state index contributed by atoms with van der Waals surface area (Å²) in [6.45, 7) is 5.04. The molecule has 1 aliphatic rings. The van der Waals surface area contributed by atoms with Crippen molar-refractivity contribution in [2.75, 3.05) is 13.2 Å². The van der Waals surface area contributed by atoms with E-state index in [2.05, 4.69) is 0 Å². The number of hydrogen-bond donors (Lipinski definition) is 0. The van der Waals surface area contributed by atoms with Gasteiger partial charge in [-0.1, -0.05) is 0 Å². The molecule has 0 bridgehead atoms. The van der Waals surface area contributed by atoms with Gasteiger partial charge in [0, 0.05) is 29.1 Å². The molecule has 0 aliphatic carbocycles. The molecule has 6 nitrogen and oxygen atoms in total. The molecule has 0 aromatic rings. The Morgan fingerprint density at radius 3 is 2.67 bits per heavy atom.